The fourth-order valence-corrected chi connectivity index (χ4v) is 3.56. The van der Waals surface area contributed by atoms with Crippen LogP contribution < -0.4 is 14.8 Å². The lowest BCUT2D eigenvalue weighted by atomic mass is 10.3. The van der Waals surface area contributed by atoms with Crippen LogP contribution in [0.3, 0.4) is 0 Å². The second-order valence-corrected chi connectivity index (χ2v) is 7.90. The van der Waals surface area contributed by atoms with E-state index in [1.807, 2.05) is 6.92 Å². The third kappa shape index (κ3) is 6.01. The maximum atomic E-state index is 12.2. The fraction of sp³-hybridized carbons (Fsp3) is 0.278. The Hall–Kier alpha value is -2.09. The highest BCUT2D eigenvalue weighted by molar-refractivity contribution is 7.89. The standard InChI is InChI=1S/C18H21ClN2O4S/c1-3-13(2)21-26(23,24)17-9-7-16(8-10-17)25-12-18(22)20-15-6-4-5-14(19)11-15/h4-11,13,21H,3,12H2,1-2H3,(H,20,22)/t13-/m0/s1. The van der Waals surface area contributed by atoms with Gasteiger partial charge in [-0.15, -0.1) is 0 Å². The molecule has 8 heteroatoms. The number of rotatable bonds is 8. The molecular weight excluding hydrogens is 376 g/mol. The summed E-state index contributed by atoms with van der Waals surface area (Å²) in [5, 5.41) is 3.18. The van der Waals surface area contributed by atoms with Gasteiger partial charge in [-0.25, -0.2) is 13.1 Å². The molecule has 0 aromatic heterocycles. The second-order valence-electron chi connectivity index (χ2n) is 5.75. The van der Waals surface area contributed by atoms with Crippen molar-refractivity contribution < 1.29 is 17.9 Å². The summed E-state index contributed by atoms with van der Waals surface area (Å²) in [6, 6.07) is 12.5. The van der Waals surface area contributed by atoms with Gasteiger partial charge in [0.05, 0.1) is 4.90 Å². The lowest BCUT2D eigenvalue weighted by Gasteiger charge is -2.12. The summed E-state index contributed by atoms with van der Waals surface area (Å²) in [5.74, 6) is 0.0520. The van der Waals surface area contributed by atoms with E-state index < -0.39 is 10.0 Å². The molecule has 0 heterocycles. The molecule has 0 saturated heterocycles. The number of halogens is 1. The molecule has 0 unspecified atom stereocenters. The van der Waals surface area contributed by atoms with Crippen molar-refractivity contribution >= 4 is 33.2 Å². The first-order valence-corrected chi connectivity index (χ1v) is 9.97. The van der Waals surface area contributed by atoms with Crippen LogP contribution in [0.25, 0.3) is 0 Å². The Morgan fingerprint density at radius 2 is 1.88 bits per heavy atom. The summed E-state index contributed by atoms with van der Waals surface area (Å²) in [6.45, 7) is 3.50. The predicted molar refractivity (Wildman–Crippen MR) is 102 cm³/mol. The molecule has 2 aromatic rings. The van der Waals surface area contributed by atoms with Crippen molar-refractivity contribution in [3.8, 4) is 5.75 Å². The van der Waals surface area contributed by atoms with Gasteiger partial charge in [0.2, 0.25) is 10.0 Å². The summed E-state index contributed by atoms with van der Waals surface area (Å²) >= 11 is 5.86. The Labute approximate surface area is 158 Å². The van der Waals surface area contributed by atoms with Gasteiger partial charge in [0, 0.05) is 16.8 Å². The molecule has 1 atom stereocenters. The summed E-state index contributed by atoms with van der Waals surface area (Å²) < 4.78 is 32.3. The van der Waals surface area contributed by atoms with E-state index in [0.717, 1.165) is 0 Å². The van der Waals surface area contributed by atoms with Gasteiger partial charge in [-0.3, -0.25) is 4.79 Å². The Morgan fingerprint density at radius 1 is 1.19 bits per heavy atom. The van der Waals surface area contributed by atoms with Gasteiger partial charge in [-0.1, -0.05) is 24.6 Å². The van der Waals surface area contributed by atoms with Crippen molar-refractivity contribution in [1.29, 1.82) is 0 Å². The maximum Gasteiger partial charge on any atom is 0.262 e. The first-order valence-electron chi connectivity index (χ1n) is 8.11. The fourth-order valence-electron chi connectivity index (χ4n) is 2.04. The topological polar surface area (TPSA) is 84.5 Å². The van der Waals surface area contributed by atoms with Crippen LogP contribution in [0.4, 0.5) is 5.69 Å². The smallest absolute Gasteiger partial charge is 0.262 e. The highest BCUT2D eigenvalue weighted by Crippen LogP contribution is 2.17. The number of carbonyl (C=O) groups is 1. The number of sulfonamides is 1. The van der Waals surface area contributed by atoms with Crippen molar-refractivity contribution in [3.63, 3.8) is 0 Å². The number of ether oxygens (including phenoxy) is 1. The zero-order valence-corrected chi connectivity index (χ0v) is 16.1. The van der Waals surface area contributed by atoms with Gasteiger partial charge < -0.3 is 10.1 Å². The van der Waals surface area contributed by atoms with E-state index in [1.54, 1.807) is 31.2 Å². The van der Waals surface area contributed by atoms with Crippen molar-refractivity contribution in [2.45, 2.75) is 31.2 Å². The van der Waals surface area contributed by atoms with E-state index in [2.05, 4.69) is 10.0 Å². The summed E-state index contributed by atoms with van der Waals surface area (Å²) in [7, 11) is -3.56. The van der Waals surface area contributed by atoms with Crippen LogP contribution >= 0.6 is 11.6 Å². The molecule has 0 radical (unpaired) electrons. The third-order valence-electron chi connectivity index (χ3n) is 3.58. The zero-order valence-electron chi connectivity index (χ0n) is 14.5. The average Bonchev–Trinajstić information content (AvgIpc) is 2.60. The number of hydrogen-bond acceptors (Lipinski definition) is 4. The minimum Gasteiger partial charge on any atom is -0.484 e. The Kier molecular flexibility index (Phi) is 7.02. The van der Waals surface area contributed by atoms with Crippen LogP contribution in [-0.4, -0.2) is 27.0 Å². The highest BCUT2D eigenvalue weighted by Gasteiger charge is 2.16. The summed E-state index contributed by atoms with van der Waals surface area (Å²) in [4.78, 5) is 12.0. The number of amides is 1. The Balaban J connectivity index is 1.92. The monoisotopic (exact) mass is 396 g/mol. The molecule has 0 fully saturated rings. The molecular formula is C18H21ClN2O4S. The minimum atomic E-state index is -3.56. The van der Waals surface area contributed by atoms with E-state index in [0.29, 0.717) is 22.9 Å². The first kappa shape index (κ1) is 20.2. The van der Waals surface area contributed by atoms with E-state index in [-0.39, 0.29) is 23.5 Å². The Bertz CT molecular complexity index is 854. The van der Waals surface area contributed by atoms with Gasteiger partial charge in [0.25, 0.3) is 5.91 Å². The minimum absolute atomic E-state index is 0.147. The molecule has 0 aliphatic rings. The van der Waals surface area contributed by atoms with Crippen LogP contribution in [0.1, 0.15) is 20.3 Å². The van der Waals surface area contributed by atoms with Crippen molar-refractivity contribution in [3.05, 3.63) is 53.6 Å². The molecule has 1 amide bonds. The number of carbonyl (C=O) groups excluding carboxylic acids is 1. The predicted octanol–water partition coefficient (Wildman–Crippen LogP) is 3.43. The molecule has 0 saturated carbocycles. The number of hydrogen-bond donors (Lipinski definition) is 2. The van der Waals surface area contributed by atoms with Gasteiger partial charge in [-0.2, -0.15) is 0 Å². The van der Waals surface area contributed by atoms with Gasteiger partial charge in [0.1, 0.15) is 5.75 Å². The largest absolute Gasteiger partial charge is 0.484 e. The molecule has 2 N–H and O–H groups in total. The van der Waals surface area contributed by atoms with Crippen molar-refractivity contribution in [2.75, 3.05) is 11.9 Å². The second kappa shape index (κ2) is 9.02. The molecule has 0 aliphatic carbocycles. The molecule has 2 rings (SSSR count). The average molecular weight is 397 g/mol. The van der Waals surface area contributed by atoms with Gasteiger partial charge in [0.15, 0.2) is 6.61 Å². The highest BCUT2D eigenvalue weighted by atomic mass is 35.5. The maximum absolute atomic E-state index is 12.2. The Morgan fingerprint density at radius 3 is 2.50 bits per heavy atom. The van der Waals surface area contributed by atoms with Crippen molar-refractivity contribution in [2.24, 2.45) is 0 Å². The number of anilines is 1. The van der Waals surface area contributed by atoms with Crippen molar-refractivity contribution in [1.82, 2.24) is 4.72 Å². The lowest BCUT2D eigenvalue weighted by molar-refractivity contribution is -0.118. The van der Waals surface area contributed by atoms with E-state index in [1.165, 1.54) is 24.3 Å². The lowest BCUT2D eigenvalue weighted by Crippen LogP contribution is -2.31. The molecule has 0 aliphatic heterocycles. The van der Waals surface area contributed by atoms with Gasteiger partial charge >= 0.3 is 0 Å². The van der Waals surface area contributed by atoms with E-state index in [4.69, 9.17) is 16.3 Å². The number of nitrogens with one attached hydrogen (secondary N) is 2. The summed E-state index contributed by atoms with van der Waals surface area (Å²) in [6.07, 6.45) is 0.697. The van der Waals surface area contributed by atoms with E-state index >= 15 is 0 Å². The normalized spacial score (nSPS) is 12.4. The molecule has 2 aromatic carbocycles. The number of benzene rings is 2. The molecule has 0 bridgehead atoms. The summed E-state index contributed by atoms with van der Waals surface area (Å²) in [5.41, 5.74) is 0.573. The SMILES string of the molecule is CC[C@H](C)NS(=O)(=O)c1ccc(OCC(=O)Nc2cccc(Cl)c2)cc1. The van der Waals surface area contributed by atoms with Crippen LogP contribution in [-0.2, 0) is 14.8 Å². The molecule has 140 valence electrons. The molecule has 26 heavy (non-hydrogen) atoms. The zero-order chi connectivity index (χ0) is 19.2. The van der Waals surface area contributed by atoms with Crippen LogP contribution in [0.15, 0.2) is 53.4 Å². The third-order valence-corrected chi connectivity index (χ3v) is 5.42. The first-order chi connectivity index (χ1) is 12.3. The quantitative estimate of drug-likeness (QED) is 0.715. The molecule has 6 nitrogen and oxygen atoms in total. The van der Waals surface area contributed by atoms with Crippen LogP contribution in [0.5, 0.6) is 5.75 Å². The van der Waals surface area contributed by atoms with Crippen LogP contribution in [0.2, 0.25) is 5.02 Å². The molecule has 0 spiro atoms. The van der Waals surface area contributed by atoms with Gasteiger partial charge in [-0.05, 0) is 55.8 Å². The van der Waals surface area contributed by atoms with Crippen LogP contribution in [0, 0.1) is 0 Å². The van der Waals surface area contributed by atoms with E-state index in [9.17, 15) is 13.2 Å².